The highest BCUT2D eigenvalue weighted by atomic mass is 16.5. The van der Waals surface area contributed by atoms with Gasteiger partial charge in [-0.3, -0.25) is 0 Å². The highest BCUT2D eigenvalue weighted by molar-refractivity contribution is 5.60. The van der Waals surface area contributed by atoms with Crippen LogP contribution in [-0.2, 0) is 0 Å². The van der Waals surface area contributed by atoms with Crippen LogP contribution in [0, 0.1) is 20.8 Å². The predicted octanol–water partition coefficient (Wildman–Crippen LogP) is 4.79. The van der Waals surface area contributed by atoms with Gasteiger partial charge >= 0.3 is 0 Å². The van der Waals surface area contributed by atoms with Crippen LogP contribution in [0.1, 0.15) is 35.2 Å². The van der Waals surface area contributed by atoms with E-state index in [1.807, 2.05) is 0 Å². The molecule has 0 amide bonds. The zero-order valence-corrected chi connectivity index (χ0v) is 12.9. The van der Waals surface area contributed by atoms with Crippen molar-refractivity contribution in [1.82, 2.24) is 0 Å². The van der Waals surface area contributed by atoms with E-state index in [1.165, 1.54) is 16.7 Å². The van der Waals surface area contributed by atoms with Gasteiger partial charge in [0.25, 0.3) is 0 Å². The fraction of sp³-hybridized carbons (Fsp3) is 0.333. The van der Waals surface area contributed by atoms with E-state index in [1.54, 1.807) is 7.11 Å². The van der Waals surface area contributed by atoms with Crippen LogP contribution >= 0.6 is 0 Å². The average molecular weight is 269 g/mol. The SMILES string of the molecule is COc1c(C)ccc(NC(C)c2ccccc2C)c1C. The van der Waals surface area contributed by atoms with Gasteiger partial charge < -0.3 is 10.1 Å². The zero-order valence-electron chi connectivity index (χ0n) is 12.9. The molecule has 0 aliphatic carbocycles. The lowest BCUT2D eigenvalue weighted by atomic mass is 10.0. The Morgan fingerprint density at radius 1 is 0.950 bits per heavy atom. The van der Waals surface area contributed by atoms with E-state index in [0.29, 0.717) is 0 Å². The summed E-state index contributed by atoms with van der Waals surface area (Å²) in [6.07, 6.45) is 0. The first-order chi connectivity index (χ1) is 9.54. The molecule has 2 heteroatoms. The Balaban J connectivity index is 2.29. The summed E-state index contributed by atoms with van der Waals surface area (Å²) in [6, 6.07) is 13.0. The van der Waals surface area contributed by atoms with E-state index in [2.05, 4.69) is 69.4 Å². The van der Waals surface area contributed by atoms with Gasteiger partial charge in [0.2, 0.25) is 0 Å². The number of benzene rings is 2. The molecular weight excluding hydrogens is 246 g/mol. The van der Waals surface area contributed by atoms with E-state index in [4.69, 9.17) is 4.74 Å². The maximum absolute atomic E-state index is 5.49. The molecule has 0 saturated carbocycles. The molecule has 0 bridgehead atoms. The number of methoxy groups -OCH3 is 1. The third-order valence-electron chi connectivity index (χ3n) is 3.83. The van der Waals surface area contributed by atoms with Gasteiger partial charge in [0, 0.05) is 17.3 Å². The molecule has 1 atom stereocenters. The highest BCUT2D eigenvalue weighted by Gasteiger charge is 2.12. The van der Waals surface area contributed by atoms with Crippen molar-refractivity contribution in [3.63, 3.8) is 0 Å². The molecule has 1 N–H and O–H groups in total. The molecule has 2 nitrogen and oxygen atoms in total. The molecule has 0 aliphatic rings. The topological polar surface area (TPSA) is 21.3 Å². The molecular formula is C18H23NO. The molecule has 2 rings (SSSR count). The predicted molar refractivity (Wildman–Crippen MR) is 85.7 cm³/mol. The van der Waals surface area contributed by atoms with Crippen LogP contribution in [0.25, 0.3) is 0 Å². The Morgan fingerprint density at radius 3 is 2.30 bits per heavy atom. The summed E-state index contributed by atoms with van der Waals surface area (Å²) < 4.78 is 5.49. The van der Waals surface area contributed by atoms with Crippen molar-refractivity contribution in [2.75, 3.05) is 12.4 Å². The van der Waals surface area contributed by atoms with Gasteiger partial charge in [0.05, 0.1) is 7.11 Å². The number of aryl methyl sites for hydroxylation is 2. The third kappa shape index (κ3) is 2.79. The molecule has 1 unspecified atom stereocenters. The maximum atomic E-state index is 5.49. The lowest BCUT2D eigenvalue weighted by molar-refractivity contribution is 0.409. The second-order valence-corrected chi connectivity index (χ2v) is 5.31. The second kappa shape index (κ2) is 6.00. The number of hydrogen-bond acceptors (Lipinski definition) is 2. The summed E-state index contributed by atoms with van der Waals surface area (Å²) in [4.78, 5) is 0. The van der Waals surface area contributed by atoms with Gasteiger partial charge in [-0.05, 0) is 50.5 Å². The van der Waals surface area contributed by atoms with Crippen LogP contribution in [-0.4, -0.2) is 7.11 Å². The molecule has 0 aromatic heterocycles. The van der Waals surface area contributed by atoms with Crippen molar-refractivity contribution >= 4 is 5.69 Å². The van der Waals surface area contributed by atoms with Gasteiger partial charge in [-0.2, -0.15) is 0 Å². The summed E-state index contributed by atoms with van der Waals surface area (Å²) in [5, 5.41) is 3.59. The molecule has 20 heavy (non-hydrogen) atoms. The largest absolute Gasteiger partial charge is 0.496 e. The summed E-state index contributed by atoms with van der Waals surface area (Å²) in [6.45, 7) is 8.50. The number of ether oxygens (including phenoxy) is 1. The molecule has 106 valence electrons. The van der Waals surface area contributed by atoms with Gasteiger partial charge in [-0.15, -0.1) is 0 Å². The van der Waals surface area contributed by atoms with Crippen molar-refractivity contribution < 1.29 is 4.74 Å². The van der Waals surface area contributed by atoms with E-state index < -0.39 is 0 Å². The van der Waals surface area contributed by atoms with Gasteiger partial charge in [-0.1, -0.05) is 30.3 Å². The number of rotatable bonds is 4. The van der Waals surface area contributed by atoms with Gasteiger partial charge in [-0.25, -0.2) is 0 Å². The minimum absolute atomic E-state index is 0.266. The number of hydrogen-bond donors (Lipinski definition) is 1. The van der Waals surface area contributed by atoms with Crippen LogP contribution in [0.3, 0.4) is 0 Å². The molecule has 0 heterocycles. The smallest absolute Gasteiger partial charge is 0.126 e. The standard InChI is InChI=1S/C18H23NO/c1-12-8-6-7-9-16(12)15(4)19-17-11-10-13(2)18(20-5)14(17)3/h6-11,15,19H,1-5H3. The third-order valence-corrected chi connectivity index (χ3v) is 3.83. The van der Waals surface area contributed by atoms with E-state index in [-0.39, 0.29) is 6.04 Å². The van der Waals surface area contributed by atoms with Crippen LogP contribution in [0.15, 0.2) is 36.4 Å². The lowest BCUT2D eigenvalue weighted by Crippen LogP contribution is -2.09. The van der Waals surface area contributed by atoms with Gasteiger partial charge in [0.15, 0.2) is 0 Å². The molecule has 0 aliphatic heterocycles. The molecule has 2 aromatic carbocycles. The van der Waals surface area contributed by atoms with Crippen LogP contribution in [0.4, 0.5) is 5.69 Å². The maximum Gasteiger partial charge on any atom is 0.126 e. The number of anilines is 1. The molecule has 0 radical (unpaired) electrons. The zero-order chi connectivity index (χ0) is 14.7. The van der Waals surface area contributed by atoms with E-state index in [0.717, 1.165) is 17.0 Å². The first-order valence-electron chi connectivity index (χ1n) is 7.01. The van der Waals surface area contributed by atoms with Crippen LogP contribution in [0.2, 0.25) is 0 Å². The fourth-order valence-corrected chi connectivity index (χ4v) is 2.68. The normalized spacial score (nSPS) is 12.1. The average Bonchev–Trinajstić information content (AvgIpc) is 2.43. The van der Waals surface area contributed by atoms with E-state index in [9.17, 15) is 0 Å². The summed E-state index contributed by atoms with van der Waals surface area (Å²) in [7, 11) is 1.73. The monoisotopic (exact) mass is 269 g/mol. The summed E-state index contributed by atoms with van der Waals surface area (Å²) in [5.74, 6) is 0.965. The second-order valence-electron chi connectivity index (χ2n) is 5.31. The molecule has 2 aromatic rings. The first-order valence-corrected chi connectivity index (χ1v) is 7.01. The molecule has 0 spiro atoms. The van der Waals surface area contributed by atoms with Crippen LogP contribution in [0.5, 0.6) is 5.75 Å². The Hall–Kier alpha value is -1.96. The van der Waals surface area contributed by atoms with Crippen LogP contribution < -0.4 is 10.1 Å². The highest BCUT2D eigenvalue weighted by Crippen LogP contribution is 2.31. The van der Waals surface area contributed by atoms with Crippen molar-refractivity contribution in [1.29, 1.82) is 0 Å². The van der Waals surface area contributed by atoms with Crippen molar-refractivity contribution in [3.05, 3.63) is 58.7 Å². The Morgan fingerprint density at radius 2 is 1.65 bits per heavy atom. The Bertz CT molecular complexity index is 604. The fourth-order valence-electron chi connectivity index (χ4n) is 2.68. The van der Waals surface area contributed by atoms with Gasteiger partial charge in [0.1, 0.15) is 5.75 Å². The molecule has 0 fully saturated rings. The minimum atomic E-state index is 0.266. The minimum Gasteiger partial charge on any atom is -0.496 e. The molecule has 0 saturated heterocycles. The van der Waals surface area contributed by atoms with Crippen molar-refractivity contribution in [3.8, 4) is 5.75 Å². The first kappa shape index (κ1) is 14.4. The Kier molecular flexibility index (Phi) is 4.33. The quantitative estimate of drug-likeness (QED) is 0.861. The Labute approximate surface area is 121 Å². The van der Waals surface area contributed by atoms with Crippen molar-refractivity contribution in [2.24, 2.45) is 0 Å². The van der Waals surface area contributed by atoms with E-state index >= 15 is 0 Å². The lowest BCUT2D eigenvalue weighted by Gasteiger charge is -2.21. The summed E-state index contributed by atoms with van der Waals surface area (Å²) in [5.41, 5.74) is 6.09. The number of nitrogens with one attached hydrogen (secondary N) is 1. The van der Waals surface area contributed by atoms with Crippen molar-refractivity contribution in [2.45, 2.75) is 33.7 Å². The summed E-state index contributed by atoms with van der Waals surface area (Å²) >= 11 is 0.